The first kappa shape index (κ1) is 21.6. The highest BCUT2D eigenvalue weighted by molar-refractivity contribution is 6.01. The quantitative estimate of drug-likeness (QED) is 0.647. The van der Waals surface area contributed by atoms with Crippen molar-refractivity contribution in [3.63, 3.8) is 0 Å². The highest BCUT2D eigenvalue weighted by Crippen LogP contribution is 2.67. The molecule has 7 heteroatoms. The zero-order valence-corrected chi connectivity index (χ0v) is 19.3. The molecule has 32 heavy (non-hydrogen) atoms. The predicted molar refractivity (Wildman–Crippen MR) is 117 cm³/mol. The van der Waals surface area contributed by atoms with E-state index in [-0.39, 0.29) is 53.5 Å². The van der Waals surface area contributed by atoms with Crippen LogP contribution in [0.15, 0.2) is 6.07 Å². The van der Waals surface area contributed by atoms with Crippen molar-refractivity contribution in [2.45, 2.75) is 78.0 Å². The van der Waals surface area contributed by atoms with Crippen LogP contribution in [-0.2, 0) is 17.8 Å². The van der Waals surface area contributed by atoms with Gasteiger partial charge in [-0.2, -0.15) is 0 Å². The number of hydrogen-bond acceptors (Lipinski definition) is 5. The van der Waals surface area contributed by atoms with Gasteiger partial charge in [-0.15, -0.1) is 0 Å². The van der Waals surface area contributed by atoms with Gasteiger partial charge in [0.05, 0.1) is 18.2 Å². The summed E-state index contributed by atoms with van der Waals surface area (Å²) in [6.07, 6.45) is 3.76. The highest BCUT2D eigenvalue weighted by Gasteiger charge is 2.67. The van der Waals surface area contributed by atoms with Crippen molar-refractivity contribution in [2.24, 2.45) is 22.7 Å². The Morgan fingerprint density at radius 1 is 1.22 bits per heavy atom. The first-order valence-electron chi connectivity index (χ1n) is 11.7. The van der Waals surface area contributed by atoms with Crippen LogP contribution in [0.4, 0.5) is 0 Å². The summed E-state index contributed by atoms with van der Waals surface area (Å²) in [4.78, 5) is 25.3. The number of ether oxygens (including phenoxy) is 1. The van der Waals surface area contributed by atoms with Gasteiger partial charge >= 0.3 is 5.97 Å². The lowest BCUT2D eigenvalue weighted by atomic mass is 9.43. The minimum absolute atomic E-state index is 0.0502. The smallest absolute Gasteiger partial charge is 0.323 e. The summed E-state index contributed by atoms with van der Waals surface area (Å²) in [5, 5.41) is 30.9. The highest BCUT2D eigenvalue weighted by atomic mass is 16.5. The van der Waals surface area contributed by atoms with Crippen LogP contribution in [0.25, 0.3) is 0 Å². The standard InChI is InChI=1S/C25H33NO6/c1-13-5-6-18-23(2,3)19(28)7-8-24(18,4)25(13)10-15-17(27)9-14-16(21(15)32-25)11-26(22(14)31)12-20(29)30/h9,13,18-19,27-28H,5-8,10-12H2,1-4H3,(H,29,30)/t13-,18+,19-,24+,25-/m1/s1. The number of rotatable bonds is 2. The number of aliphatic carboxylic acids is 1. The molecule has 0 unspecified atom stereocenters. The van der Waals surface area contributed by atoms with E-state index in [9.17, 15) is 24.9 Å². The fourth-order valence-corrected chi connectivity index (χ4v) is 7.62. The number of phenolic OH excluding ortho intramolecular Hbond substituents is 1. The van der Waals surface area contributed by atoms with Gasteiger partial charge in [-0.3, -0.25) is 9.59 Å². The third-order valence-electron chi connectivity index (χ3n) is 9.49. The van der Waals surface area contributed by atoms with Gasteiger partial charge in [-0.25, -0.2) is 0 Å². The Morgan fingerprint density at radius 3 is 2.62 bits per heavy atom. The van der Waals surface area contributed by atoms with E-state index in [2.05, 4.69) is 27.7 Å². The number of carboxylic acids is 1. The zero-order chi connectivity index (χ0) is 23.2. The molecule has 5 rings (SSSR count). The predicted octanol–water partition coefficient (Wildman–Crippen LogP) is 3.34. The summed E-state index contributed by atoms with van der Waals surface area (Å²) in [5.74, 6) is -0.321. The molecule has 1 amide bonds. The largest absolute Gasteiger partial charge is 0.508 e. The van der Waals surface area contributed by atoms with Gasteiger partial charge in [0.2, 0.25) is 0 Å². The Kier molecular flexibility index (Phi) is 4.46. The Balaban J connectivity index is 1.60. The minimum atomic E-state index is -1.07. The number of amides is 1. The molecule has 174 valence electrons. The van der Waals surface area contributed by atoms with Crippen molar-refractivity contribution >= 4 is 11.9 Å². The molecule has 2 saturated carbocycles. The summed E-state index contributed by atoms with van der Waals surface area (Å²) >= 11 is 0. The molecule has 1 aromatic rings. The molecule has 1 spiro atoms. The lowest BCUT2D eigenvalue weighted by molar-refractivity contribution is -0.210. The zero-order valence-electron chi connectivity index (χ0n) is 19.3. The van der Waals surface area contributed by atoms with E-state index in [1.807, 2.05) is 0 Å². The molecule has 2 fully saturated rings. The molecular formula is C25H33NO6. The second-order valence-electron chi connectivity index (χ2n) is 11.3. The molecule has 5 atom stereocenters. The van der Waals surface area contributed by atoms with Crippen molar-refractivity contribution < 1.29 is 29.6 Å². The van der Waals surface area contributed by atoms with Gasteiger partial charge < -0.3 is 25.0 Å². The summed E-state index contributed by atoms with van der Waals surface area (Å²) in [5.41, 5.74) is 0.779. The number of hydrogen-bond donors (Lipinski definition) is 3. The Morgan fingerprint density at radius 2 is 1.94 bits per heavy atom. The summed E-state index contributed by atoms with van der Waals surface area (Å²) in [6, 6.07) is 1.49. The number of fused-ring (bicyclic) bond motifs is 5. The van der Waals surface area contributed by atoms with Gasteiger partial charge in [0, 0.05) is 23.0 Å². The lowest BCUT2D eigenvalue weighted by Gasteiger charge is -2.64. The molecule has 0 radical (unpaired) electrons. The van der Waals surface area contributed by atoms with Crippen LogP contribution in [0, 0.1) is 22.7 Å². The molecule has 0 saturated heterocycles. The Labute approximate surface area is 188 Å². The lowest BCUT2D eigenvalue weighted by Crippen LogP contribution is -2.66. The maximum absolute atomic E-state index is 12.8. The number of carboxylic acid groups (broad SMARTS) is 1. The number of aliphatic hydroxyl groups is 1. The van der Waals surface area contributed by atoms with Gasteiger partial charge in [0.25, 0.3) is 5.91 Å². The van der Waals surface area contributed by atoms with Crippen molar-refractivity contribution in [1.29, 1.82) is 0 Å². The average molecular weight is 444 g/mol. The molecule has 1 aromatic carbocycles. The van der Waals surface area contributed by atoms with Crippen LogP contribution in [0.2, 0.25) is 0 Å². The first-order chi connectivity index (χ1) is 14.9. The molecule has 7 nitrogen and oxygen atoms in total. The van der Waals surface area contributed by atoms with E-state index in [1.54, 1.807) is 0 Å². The summed E-state index contributed by atoms with van der Waals surface area (Å²) in [7, 11) is 0. The van der Waals surface area contributed by atoms with Crippen LogP contribution in [0.5, 0.6) is 11.5 Å². The Bertz CT molecular complexity index is 1020. The van der Waals surface area contributed by atoms with Crippen LogP contribution in [-0.4, -0.2) is 50.3 Å². The van der Waals surface area contributed by atoms with E-state index >= 15 is 0 Å². The van der Waals surface area contributed by atoms with Crippen LogP contribution >= 0.6 is 0 Å². The molecule has 0 aromatic heterocycles. The molecule has 4 aliphatic rings. The number of carbonyl (C=O) groups is 2. The second-order valence-corrected chi connectivity index (χ2v) is 11.3. The topological polar surface area (TPSA) is 107 Å². The Hall–Kier alpha value is -2.28. The molecule has 0 bridgehead atoms. The monoisotopic (exact) mass is 443 g/mol. The molecule has 2 aliphatic heterocycles. The maximum atomic E-state index is 12.8. The minimum Gasteiger partial charge on any atom is -0.508 e. The fraction of sp³-hybridized carbons (Fsp3) is 0.680. The average Bonchev–Trinajstić information content (AvgIpc) is 3.25. The summed E-state index contributed by atoms with van der Waals surface area (Å²) in [6.45, 7) is 8.61. The van der Waals surface area contributed by atoms with E-state index < -0.39 is 11.6 Å². The van der Waals surface area contributed by atoms with Crippen LogP contribution in [0.3, 0.4) is 0 Å². The number of aromatic hydroxyl groups is 1. The maximum Gasteiger partial charge on any atom is 0.323 e. The van der Waals surface area contributed by atoms with Crippen molar-refractivity contribution in [2.75, 3.05) is 6.54 Å². The number of nitrogens with zero attached hydrogens (tertiary/aromatic N) is 1. The van der Waals surface area contributed by atoms with Gasteiger partial charge in [-0.05, 0) is 49.0 Å². The van der Waals surface area contributed by atoms with Crippen molar-refractivity contribution in [3.05, 3.63) is 22.8 Å². The molecule has 2 heterocycles. The third-order valence-corrected chi connectivity index (χ3v) is 9.49. The third kappa shape index (κ3) is 2.57. The van der Waals surface area contributed by atoms with E-state index in [0.29, 0.717) is 29.7 Å². The van der Waals surface area contributed by atoms with Gasteiger partial charge in [-0.1, -0.05) is 27.7 Å². The number of carbonyl (C=O) groups excluding carboxylic acids is 1. The van der Waals surface area contributed by atoms with Crippen molar-refractivity contribution in [1.82, 2.24) is 4.90 Å². The van der Waals surface area contributed by atoms with Crippen molar-refractivity contribution in [3.8, 4) is 11.5 Å². The normalized spacial score (nSPS) is 37.1. The molecule has 3 N–H and O–H groups in total. The second kappa shape index (κ2) is 6.62. The molecule has 2 aliphatic carbocycles. The van der Waals surface area contributed by atoms with E-state index in [1.165, 1.54) is 11.0 Å². The fourth-order valence-electron chi connectivity index (χ4n) is 7.62. The number of aliphatic hydroxyl groups excluding tert-OH is 1. The van der Waals surface area contributed by atoms with Crippen LogP contribution in [0.1, 0.15) is 74.9 Å². The molecular weight excluding hydrogens is 410 g/mol. The summed E-state index contributed by atoms with van der Waals surface area (Å²) < 4.78 is 6.91. The van der Waals surface area contributed by atoms with E-state index in [0.717, 1.165) is 24.8 Å². The number of benzene rings is 1. The van der Waals surface area contributed by atoms with Crippen LogP contribution < -0.4 is 4.74 Å². The SMILES string of the molecule is C[C@@H]1CC[C@H]2C(C)(C)[C@H](O)CC[C@]2(C)[C@@]12Cc1c(O)cc3c(c1O2)CN(CC(=O)O)C3=O. The van der Waals surface area contributed by atoms with Gasteiger partial charge in [0.1, 0.15) is 23.6 Å². The van der Waals surface area contributed by atoms with E-state index in [4.69, 9.17) is 4.74 Å². The first-order valence-corrected chi connectivity index (χ1v) is 11.7. The van der Waals surface area contributed by atoms with Gasteiger partial charge in [0.15, 0.2) is 0 Å². The number of phenols is 1.